The Balaban J connectivity index is 1.56. The van der Waals surface area contributed by atoms with E-state index in [4.69, 9.17) is 0 Å². The van der Waals surface area contributed by atoms with Gasteiger partial charge in [-0.2, -0.15) is 0 Å². The predicted octanol–water partition coefficient (Wildman–Crippen LogP) is 2.11. The number of urea groups is 1. The maximum Gasteiger partial charge on any atom is 0.321 e. The quantitative estimate of drug-likeness (QED) is 0.849. The Morgan fingerprint density at radius 2 is 1.74 bits per heavy atom. The summed E-state index contributed by atoms with van der Waals surface area (Å²) in [7, 11) is 1.63. The Hall–Kier alpha value is -3.09. The zero-order valence-corrected chi connectivity index (χ0v) is 15.5. The van der Waals surface area contributed by atoms with E-state index in [9.17, 15) is 9.59 Å². The smallest absolute Gasteiger partial charge is 0.321 e. The molecule has 1 fully saturated rings. The van der Waals surface area contributed by atoms with Crippen LogP contribution in [0.3, 0.4) is 0 Å². The SMILES string of the molecule is CNC(=O)CCc1ccccc1NC(=O)N1CCN(c2ccncc2)CC1. The van der Waals surface area contributed by atoms with Crippen molar-refractivity contribution < 1.29 is 9.59 Å². The number of amides is 3. The van der Waals surface area contributed by atoms with Gasteiger partial charge in [0.05, 0.1) is 0 Å². The van der Waals surface area contributed by atoms with Crippen molar-refractivity contribution in [2.45, 2.75) is 12.8 Å². The first-order valence-electron chi connectivity index (χ1n) is 9.17. The molecule has 0 unspecified atom stereocenters. The Morgan fingerprint density at radius 3 is 2.44 bits per heavy atom. The van der Waals surface area contributed by atoms with Gasteiger partial charge in [-0.1, -0.05) is 18.2 Å². The summed E-state index contributed by atoms with van der Waals surface area (Å²) < 4.78 is 0. The summed E-state index contributed by atoms with van der Waals surface area (Å²) >= 11 is 0. The van der Waals surface area contributed by atoms with E-state index >= 15 is 0 Å². The number of nitrogens with zero attached hydrogens (tertiary/aromatic N) is 3. The van der Waals surface area contributed by atoms with Gasteiger partial charge in [0, 0.05) is 63.4 Å². The van der Waals surface area contributed by atoms with E-state index in [-0.39, 0.29) is 11.9 Å². The molecule has 3 rings (SSSR count). The van der Waals surface area contributed by atoms with Crippen LogP contribution in [0.2, 0.25) is 0 Å². The van der Waals surface area contributed by atoms with Crippen molar-refractivity contribution in [2.24, 2.45) is 0 Å². The number of aryl methyl sites for hydroxylation is 1. The molecule has 0 bridgehead atoms. The van der Waals surface area contributed by atoms with Crippen LogP contribution >= 0.6 is 0 Å². The second-order valence-electron chi connectivity index (χ2n) is 6.44. The van der Waals surface area contributed by atoms with Crippen molar-refractivity contribution >= 4 is 23.3 Å². The van der Waals surface area contributed by atoms with Crippen LogP contribution in [-0.2, 0) is 11.2 Å². The van der Waals surface area contributed by atoms with E-state index in [1.165, 1.54) is 0 Å². The molecule has 0 aliphatic carbocycles. The largest absolute Gasteiger partial charge is 0.368 e. The summed E-state index contributed by atoms with van der Waals surface area (Å²) in [5.41, 5.74) is 2.86. The molecular weight excluding hydrogens is 342 g/mol. The number of piperazine rings is 1. The molecule has 0 saturated carbocycles. The molecule has 0 spiro atoms. The lowest BCUT2D eigenvalue weighted by molar-refractivity contribution is -0.120. The normalized spacial score (nSPS) is 14.0. The minimum absolute atomic E-state index is 0.0108. The molecule has 1 aliphatic heterocycles. The zero-order valence-electron chi connectivity index (χ0n) is 15.5. The topological polar surface area (TPSA) is 77.6 Å². The third-order valence-electron chi connectivity index (χ3n) is 4.75. The predicted molar refractivity (Wildman–Crippen MR) is 106 cm³/mol. The summed E-state index contributed by atoms with van der Waals surface area (Å²) in [4.78, 5) is 32.3. The van der Waals surface area contributed by atoms with Gasteiger partial charge in [-0.15, -0.1) is 0 Å². The van der Waals surface area contributed by atoms with E-state index in [1.807, 2.05) is 41.3 Å². The number of para-hydroxylation sites is 1. The van der Waals surface area contributed by atoms with Gasteiger partial charge < -0.3 is 20.4 Å². The molecule has 0 atom stereocenters. The molecule has 1 aliphatic rings. The first kappa shape index (κ1) is 18.7. The van der Waals surface area contributed by atoms with Crippen molar-refractivity contribution in [3.05, 3.63) is 54.4 Å². The Labute approximate surface area is 159 Å². The highest BCUT2D eigenvalue weighted by Crippen LogP contribution is 2.19. The highest BCUT2D eigenvalue weighted by Gasteiger charge is 2.21. The summed E-state index contributed by atoms with van der Waals surface area (Å²) in [6, 6.07) is 11.5. The van der Waals surface area contributed by atoms with Crippen molar-refractivity contribution in [1.82, 2.24) is 15.2 Å². The highest BCUT2D eigenvalue weighted by atomic mass is 16.2. The van der Waals surface area contributed by atoms with Gasteiger partial charge in [-0.25, -0.2) is 4.79 Å². The number of carbonyl (C=O) groups is 2. The van der Waals surface area contributed by atoms with Crippen molar-refractivity contribution in [3.63, 3.8) is 0 Å². The lowest BCUT2D eigenvalue weighted by atomic mass is 10.1. The third kappa shape index (κ3) is 4.97. The molecule has 2 aromatic rings. The summed E-state index contributed by atoms with van der Waals surface area (Å²) in [5, 5.41) is 5.63. The average molecular weight is 367 g/mol. The number of carbonyl (C=O) groups excluding carboxylic acids is 2. The first-order chi connectivity index (χ1) is 13.2. The van der Waals surface area contributed by atoms with Gasteiger partial charge >= 0.3 is 6.03 Å². The Kier molecular flexibility index (Phi) is 6.25. The molecule has 0 radical (unpaired) electrons. The molecule has 7 heteroatoms. The number of hydrogen-bond acceptors (Lipinski definition) is 4. The number of anilines is 2. The van der Waals surface area contributed by atoms with Gasteiger partial charge in [-0.3, -0.25) is 9.78 Å². The fourth-order valence-corrected chi connectivity index (χ4v) is 3.15. The summed E-state index contributed by atoms with van der Waals surface area (Å²) in [6.07, 6.45) is 4.55. The molecule has 3 amide bonds. The van der Waals surface area contributed by atoms with E-state index < -0.39 is 0 Å². The van der Waals surface area contributed by atoms with Gasteiger partial charge in [-0.05, 0) is 30.2 Å². The van der Waals surface area contributed by atoms with Crippen LogP contribution in [0.1, 0.15) is 12.0 Å². The van der Waals surface area contributed by atoms with Crippen LogP contribution in [0.5, 0.6) is 0 Å². The fourth-order valence-electron chi connectivity index (χ4n) is 3.15. The standard InChI is InChI=1S/C20H25N5O2/c1-21-19(26)7-6-16-4-2-3-5-18(16)23-20(27)25-14-12-24(13-15-25)17-8-10-22-11-9-17/h2-5,8-11H,6-7,12-15H2,1H3,(H,21,26)(H,23,27). The van der Waals surface area contributed by atoms with Crippen LogP contribution in [0, 0.1) is 0 Å². The van der Waals surface area contributed by atoms with E-state index in [2.05, 4.69) is 20.5 Å². The lowest BCUT2D eigenvalue weighted by Crippen LogP contribution is -2.50. The molecule has 27 heavy (non-hydrogen) atoms. The van der Waals surface area contributed by atoms with E-state index in [0.717, 1.165) is 30.0 Å². The molecule has 142 valence electrons. The van der Waals surface area contributed by atoms with E-state index in [1.54, 1.807) is 19.4 Å². The molecule has 1 saturated heterocycles. The molecule has 7 nitrogen and oxygen atoms in total. The second kappa shape index (κ2) is 9.02. The molecular formula is C20H25N5O2. The molecule has 1 aromatic heterocycles. The first-order valence-corrected chi connectivity index (χ1v) is 9.17. The zero-order chi connectivity index (χ0) is 19.1. The Bertz CT molecular complexity index is 773. The number of nitrogens with one attached hydrogen (secondary N) is 2. The van der Waals surface area contributed by atoms with Crippen molar-refractivity contribution in [3.8, 4) is 0 Å². The average Bonchev–Trinajstić information content (AvgIpc) is 2.73. The van der Waals surface area contributed by atoms with Crippen molar-refractivity contribution in [1.29, 1.82) is 0 Å². The molecule has 2 N–H and O–H groups in total. The van der Waals surface area contributed by atoms with Crippen LogP contribution < -0.4 is 15.5 Å². The summed E-state index contributed by atoms with van der Waals surface area (Å²) in [6.45, 7) is 2.90. The number of benzene rings is 1. The molecule has 2 heterocycles. The minimum Gasteiger partial charge on any atom is -0.368 e. The number of pyridine rings is 1. The maximum absolute atomic E-state index is 12.7. The van der Waals surface area contributed by atoms with Gasteiger partial charge in [0.15, 0.2) is 0 Å². The fraction of sp³-hybridized carbons (Fsp3) is 0.350. The van der Waals surface area contributed by atoms with Gasteiger partial charge in [0.2, 0.25) is 5.91 Å². The van der Waals surface area contributed by atoms with E-state index in [0.29, 0.717) is 25.9 Å². The van der Waals surface area contributed by atoms with Crippen LogP contribution in [0.25, 0.3) is 0 Å². The molecule has 1 aromatic carbocycles. The lowest BCUT2D eigenvalue weighted by Gasteiger charge is -2.36. The number of rotatable bonds is 5. The van der Waals surface area contributed by atoms with Crippen LogP contribution in [0.4, 0.5) is 16.2 Å². The van der Waals surface area contributed by atoms with Crippen LogP contribution in [-0.4, -0.2) is 55.0 Å². The van der Waals surface area contributed by atoms with Gasteiger partial charge in [0.1, 0.15) is 0 Å². The van der Waals surface area contributed by atoms with Gasteiger partial charge in [0.25, 0.3) is 0 Å². The summed E-state index contributed by atoms with van der Waals surface area (Å²) in [5.74, 6) is -0.0108. The second-order valence-corrected chi connectivity index (χ2v) is 6.44. The Morgan fingerprint density at radius 1 is 1.04 bits per heavy atom. The number of aromatic nitrogens is 1. The number of hydrogen-bond donors (Lipinski definition) is 2. The van der Waals surface area contributed by atoms with Crippen molar-refractivity contribution in [2.75, 3.05) is 43.4 Å². The monoisotopic (exact) mass is 367 g/mol. The minimum atomic E-state index is -0.100. The van der Waals surface area contributed by atoms with Crippen LogP contribution in [0.15, 0.2) is 48.8 Å². The maximum atomic E-state index is 12.7. The third-order valence-corrected chi connectivity index (χ3v) is 4.75. The highest BCUT2D eigenvalue weighted by molar-refractivity contribution is 5.90.